The van der Waals surface area contributed by atoms with Gasteiger partial charge in [-0.1, -0.05) is 30.1 Å². The van der Waals surface area contributed by atoms with Crippen LogP contribution >= 0.6 is 23.2 Å². The van der Waals surface area contributed by atoms with Crippen LogP contribution in [0.4, 0.5) is 10.5 Å². The Balaban J connectivity index is 2.06. The van der Waals surface area contributed by atoms with E-state index in [2.05, 4.69) is 12.2 Å². The molecule has 3 N–H and O–H groups in total. The molecule has 104 valence electrons. The van der Waals surface area contributed by atoms with Crippen molar-refractivity contribution in [1.29, 1.82) is 0 Å². The number of amides is 2. The molecule has 0 aromatic heterocycles. The highest BCUT2D eigenvalue weighted by Gasteiger charge is 2.26. The highest BCUT2D eigenvalue weighted by Crippen LogP contribution is 2.26. The number of likely N-dealkylation sites (tertiary alicyclic amines) is 1. The summed E-state index contributed by atoms with van der Waals surface area (Å²) in [7, 11) is 0. The van der Waals surface area contributed by atoms with E-state index in [1.807, 2.05) is 0 Å². The van der Waals surface area contributed by atoms with E-state index < -0.39 is 0 Å². The molecular weight excluding hydrogens is 285 g/mol. The fraction of sp³-hybridized carbons (Fsp3) is 0.462. The van der Waals surface area contributed by atoms with Gasteiger partial charge in [-0.2, -0.15) is 0 Å². The molecule has 1 aromatic rings. The SMILES string of the molecule is CC1CC(N)CN(C(=O)Nc2cc(Cl)ccc2Cl)C1. The molecule has 0 aliphatic carbocycles. The Hall–Kier alpha value is -0.970. The second-order valence-corrected chi connectivity index (χ2v) is 5.90. The van der Waals surface area contributed by atoms with E-state index in [1.54, 1.807) is 23.1 Å². The number of urea groups is 1. The molecule has 1 fully saturated rings. The highest BCUT2D eigenvalue weighted by atomic mass is 35.5. The lowest BCUT2D eigenvalue weighted by Crippen LogP contribution is -2.50. The van der Waals surface area contributed by atoms with Gasteiger partial charge in [-0.25, -0.2) is 4.79 Å². The summed E-state index contributed by atoms with van der Waals surface area (Å²) in [4.78, 5) is 13.9. The number of piperidine rings is 1. The number of nitrogens with zero attached hydrogens (tertiary/aromatic N) is 1. The number of halogens is 2. The van der Waals surface area contributed by atoms with E-state index in [4.69, 9.17) is 28.9 Å². The molecule has 2 atom stereocenters. The molecule has 0 bridgehead atoms. The largest absolute Gasteiger partial charge is 0.326 e. The number of nitrogens with two attached hydrogens (primary N) is 1. The van der Waals surface area contributed by atoms with E-state index in [1.165, 1.54) is 0 Å². The van der Waals surface area contributed by atoms with Crippen molar-refractivity contribution in [2.75, 3.05) is 18.4 Å². The van der Waals surface area contributed by atoms with Crippen LogP contribution in [-0.2, 0) is 0 Å². The smallest absolute Gasteiger partial charge is 0.321 e. The number of carbonyl (C=O) groups is 1. The van der Waals surface area contributed by atoms with Crippen molar-refractivity contribution in [3.05, 3.63) is 28.2 Å². The Morgan fingerprint density at radius 1 is 1.42 bits per heavy atom. The van der Waals surface area contributed by atoms with Gasteiger partial charge in [0.2, 0.25) is 0 Å². The summed E-state index contributed by atoms with van der Waals surface area (Å²) >= 11 is 11.9. The first-order valence-corrected chi connectivity index (χ1v) is 6.98. The van der Waals surface area contributed by atoms with Crippen molar-refractivity contribution < 1.29 is 4.79 Å². The Morgan fingerprint density at radius 3 is 2.84 bits per heavy atom. The number of hydrogen-bond donors (Lipinski definition) is 2. The number of anilines is 1. The van der Waals surface area contributed by atoms with Crippen molar-refractivity contribution in [3.63, 3.8) is 0 Å². The third kappa shape index (κ3) is 3.75. The maximum Gasteiger partial charge on any atom is 0.321 e. The predicted octanol–water partition coefficient (Wildman–Crippen LogP) is 3.19. The minimum absolute atomic E-state index is 0.0318. The van der Waals surface area contributed by atoms with Gasteiger partial charge in [-0.05, 0) is 30.5 Å². The third-order valence-corrected chi connectivity index (χ3v) is 3.71. The fourth-order valence-electron chi connectivity index (χ4n) is 2.35. The number of benzene rings is 1. The van der Waals surface area contributed by atoms with Crippen LogP contribution in [0.1, 0.15) is 13.3 Å². The summed E-state index contributed by atoms with van der Waals surface area (Å²) < 4.78 is 0. The van der Waals surface area contributed by atoms with E-state index in [-0.39, 0.29) is 12.1 Å². The molecule has 19 heavy (non-hydrogen) atoms. The Kier molecular flexibility index (Phi) is 4.55. The van der Waals surface area contributed by atoms with Gasteiger partial charge >= 0.3 is 6.03 Å². The van der Waals surface area contributed by atoms with Crippen molar-refractivity contribution in [2.24, 2.45) is 11.7 Å². The summed E-state index contributed by atoms with van der Waals surface area (Å²) in [6.07, 6.45) is 0.946. The second kappa shape index (κ2) is 5.99. The van der Waals surface area contributed by atoms with Crippen molar-refractivity contribution >= 4 is 34.9 Å². The molecule has 1 aromatic carbocycles. The Bertz CT molecular complexity index is 471. The maximum atomic E-state index is 12.2. The van der Waals surface area contributed by atoms with Gasteiger partial charge in [-0.15, -0.1) is 0 Å². The van der Waals surface area contributed by atoms with Crippen LogP contribution in [0.25, 0.3) is 0 Å². The minimum atomic E-state index is -0.189. The first-order chi connectivity index (χ1) is 8.95. The number of rotatable bonds is 1. The normalized spacial score (nSPS) is 23.3. The van der Waals surface area contributed by atoms with Gasteiger partial charge in [0.1, 0.15) is 0 Å². The Labute approximate surface area is 122 Å². The van der Waals surface area contributed by atoms with E-state index in [0.717, 1.165) is 6.42 Å². The van der Waals surface area contributed by atoms with Crippen LogP contribution in [0.3, 0.4) is 0 Å². The summed E-state index contributed by atoms with van der Waals surface area (Å²) in [6, 6.07) is 4.81. The number of nitrogens with one attached hydrogen (secondary N) is 1. The maximum absolute atomic E-state index is 12.2. The van der Waals surface area contributed by atoms with Crippen LogP contribution in [0, 0.1) is 5.92 Å². The molecule has 1 heterocycles. The van der Waals surface area contributed by atoms with E-state index in [9.17, 15) is 4.79 Å². The van der Waals surface area contributed by atoms with Gasteiger partial charge < -0.3 is 16.0 Å². The minimum Gasteiger partial charge on any atom is -0.326 e. The van der Waals surface area contributed by atoms with Crippen LogP contribution in [-0.4, -0.2) is 30.1 Å². The first kappa shape index (κ1) is 14.4. The Morgan fingerprint density at radius 2 is 2.16 bits per heavy atom. The summed E-state index contributed by atoms with van der Waals surface area (Å²) in [5.41, 5.74) is 6.45. The fourth-order valence-corrected chi connectivity index (χ4v) is 2.69. The van der Waals surface area contributed by atoms with Gasteiger partial charge in [0.25, 0.3) is 0 Å². The molecule has 2 rings (SSSR count). The average Bonchev–Trinajstić information content (AvgIpc) is 2.32. The van der Waals surface area contributed by atoms with Crippen LogP contribution in [0.15, 0.2) is 18.2 Å². The zero-order valence-corrected chi connectivity index (χ0v) is 12.2. The summed E-state index contributed by atoms with van der Waals surface area (Å²) in [5, 5.41) is 3.77. The molecular formula is C13H17Cl2N3O. The molecule has 2 amide bonds. The quantitative estimate of drug-likeness (QED) is 0.837. The second-order valence-electron chi connectivity index (χ2n) is 5.06. The lowest BCUT2D eigenvalue weighted by molar-refractivity contribution is 0.172. The summed E-state index contributed by atoms with van der Waals surface area (Å²) in [5.74, 6) is 0.407. The molecule has 6 heteroatoms. The summed E-state index contributed by atoms with van der Waals surface area (Å²) in [6.45, 7) is 3.36. The molecule has 0 spiro atoms. The van der Waals surface area contributed by atoms with Gasteiger partial charge in [0.15, 0.2) is 0 Å². The third-order valence-electron chi connectivity index (χ3n) is 3.15. The van der Waals surface area contributed by atoms with Gasteiger partial charge in [0.05, 0.1) is 10.7 Å². The van der Waals surface area contributed by atoms with Crippen molar-refractivity contribution in [1.82, 2.24) is 4.90 Å². The zero-order chi connectivity index (χ0) is 14.0. The monoisotopic (exact) mass is 301 g/mol. The number of hydrogen-bond acceptors (Lipinski definition) is 2. The molecule has 4 nitrogen and oxygen atoms in total. The van der Waals surface area contributed by atoms with Crippen LogP contribution in [0.2, 0.25) is 10.0 Å². The molecule has 1 aliphatic rings. The highest BCUT2D eigenvalue weighted by molar-refractivity contribution is 6.35. The lowest BCUT2D eigenvalue weighted by atomic mass is 9.97. The standard InChI is InChI=1S/C13H17Cl2N3O/c1-8-4-10(16)7-18(6-8)13(19)17-12-5-9(14)2-3-11(12)15/h2-3,5,8,10H,4,6-7,16H2,1H3,(H,17,19). The average molecular weight is 302 g/mol. The molecule has 2 unspecified atom stereocenters. The van der Waals surface area contributed by atoms with Crippen LogP contribution in [0.5, 0.6) is 0 Å². The van der Waals surface area contributed by atoms with Crippen LogP contribution < -0.4 is 11.1 Å². The lowest BCUT2D eigenvalue weighted by Gasteiger charge is -2.34. The molecule has 0 saturated carbocycles. The number of carbonyl (C=O) groups excluding carboxylic acids is 1. The van der Waals surface area contributed by atoms with E-state index >= 15 is 0 Å². The van der Waals surface area contributed by atoms with Gasteiger partial charge in [0, 0.05) is 24.2 Å². The molecule has 0 radical (unpaired) electrons. The van der Waals surface area contributed by atoms with Crippen molar-refractivity contribution in [3.8, 4) is 0 Å². The van der Waals surface area contributed by atoms with Gasteiger partial charge in [-0.3, -0.25) is 0 Å². The van der Waals surface area contributed by atoms with Crippen molar-refractivity contribution in [2.45, 2.75) is 19.4 Å². The molecule has 1 saturated heterocycles. The van der Waals surface area contributed by atoms with E-state index in [0.29, 0.717) is 34.7 Å². The topological polar surface area (TPSA) is 58.4 Å². The molecule has 1 aliphatic heterocycles. The predicted molar refractivity (Wildman–Crippen MR) is 78.8 cm³/mol. The zero-order valence-electron chi connectivity index (χ0n) is 10.7. The first-order valence-electron chi connectivity index (χ1n) is 6.22.